The van der Waals surface area contributed by atoms with Crippen molar-refractivity contribution < 1.29 is 9.13 Å². The molecule has 0 amide bonds. The predicted molar refractivity (Wildman–Crippen MR) is 92.9 cm³/mol. The van der Waals surface area contributed by atoms with Crippen LogP contribution in [0.25, 0.3) is 10.9 Å². The van der Waals surface area contributed by atoms with Crippen LogP contribution in [0.1, 0.15) is 29.7 Å². The highest BCUT2D eigenvalue weighted by atomic mass is 35.5. The van der Waals surface area contributed by atoms with Crippen molar-refractivity contribution in [3.63, 3.8) is 0 Å². The Morgan fingerprint density at radius 3 is 2.96 bits per heavy atom. The van der Waals surface area contributed by atoms with Crippen molar-refractivity contribution in [2.24, 2.45) is 5.92 Å². The van der Waals surface area contributed by atoms with Crippen molar-refractivity contribution in [3.05, 3.63) is 64.6 Å². The van der Waals surface area contributed by atoms with E-state index in [0.29, 0.717) is 5.92 Å². The van der Waals surface area contributed by atoms with Crippen molar-refractivity contribution in [3.8, 4) is 0 Å². The zero-order chi connectivity index (χ0) is 16.3. The number of ether oxygens (including phenoxy) is 1. The predicted octanol–water partition coefficient (Wildman–Crippen LogP) is 5.20. The Hall–Kier alpha value is -2.04. The highest BCUT2D eigenvalue weighted by Gasteiger charge is 2.42. The van der Waals surface area contributed by atoms with E-state index in [1.807, 2.05) is 24.4 Å². The third-order valence-electron chi connectivity index (χ3n) is 5.21. The second kappa shape index (κ2) is 5.23. The number of halogens is 2. The number of rotatable bonds is 1. The number of hydrogen-bond donors (Lipinski definition) is 2. The van der Waals surface area contributed by atoms with E-state index in [1.165, 1.54) is 6.07 Å². The smallest absolute Gasteiger partial charge is 0.123 e. The number of H-pyrrole nitrogens is 1. The monoisotopic (exact) mass is 342 g/mol. The summed E-state index contributed by atoms with van der Waals surface area (Å²) in [6, 6.07) is 10.8. The third kappa shape index (κ3) is 2.06. The minimum Gasteiger partial charge on any atom is -0.377 e. The molecular formula is C19H16ClFN2O. The van der Waals surface area contributed by atoms with E-state index in [-0.39, 0.29) is 18.0 Å². The number of benzene rings is 2. The van der Waals surface area contributed by atoms with Crippen LogP contribution in [0.4, 0.5) is 10.1 Å². The molecule has 0 spiro atoms. The third-order valence-corrected chi connectivity index (χ3v) is 5.44. The van der Waals surface area contributed by atoms with Gasteiger partial charge in [0.15, 0.2) is 0 Å². The van der Waals surface area contributed by atoms with Gasteiger partial charge < -0.3 is 15.0 Å². The van der Waals surface area contributed by atoms with Crippen molar-refractivity contribution in [2.75, 3.05) is 11.9 Å². The molecule has 0 radical (unpaired) electrons. The Morgan fingerprint density at radius 2 is 2.04 bits per heavy atom. The fourth-order valence-corrected chi connectivity index (χ4v) is 4.30. The first-order valence-electron chi connectivity index (χ1n) is 8.15. The van der Waals surface area contributed by atoms with E-state index in [1.54, 1.807) is 12.1 Å². The van der Waals surface area contributed by atoms with Gasteiger partial charge in [-0.05, 0) is 42.8 Å². The molecule has 2 N–H and O–H groups in total. The first kappa shape index (κ1) is 14.3. The zero-order valence-corrected chi connectivity index (χ0v) is 13.6. The molecule has 0 bridgehead atoms. The summed E-state index contributed by atoms with van der Waals surface area (Å²) in [5, 5.41) is 5.27. The van der Waals surface area contributed by atoms with Crippen LogP contribution < -0.4 is 5.32 Å². The molecule has 3 nitrogen and oxygen atoms in total. The number of hydrogen-bond acceptors (Lipinski definition) is 2. The van der Waals surface area contributed by atoms with Gasteiger partial charge >= 0.3 is 0 Å². The molecule has 3 unspecified atom stereocenters. The van der Waals surface area contributed by atoms with E-state index < -0.39 is 0 Å². The molecular weight excluding hydrogens is 327 g/mol. The largest absolute Gasteiger partial charge is 0.377 e. The summed E-state index contributed by atoms with van der Waals surface area (Å²) in [5.74, 6) is 0.0868. The van der Waals surface area contributed by atoms with Gasteiger partial charge in [0.25, 0.3) is 0 Å². The summed E-state index contributed by atoms with van der Waals surface area (Å²) < 4.78 is 19.8. The highest BCUT2D eigenvalue weighted by molar-refractivity contribution is 6.30. The molecule has 5 rings (SSSR count). The van der Waals surface area contributed by atoms with Crippen LogP contribution in [0.2, 0.25) is 5.02 Å². The summed E-state index contributed by atoms with van der Waals surface area (Å²) in [7, 11) is 0. The lowest BCUT2D eigenvalue weighted by Crippen LogP contribution is -2.29. The van der Waals surface area contributed by atoms with Crippen LogP contribution in [0, 0.1) is 11.7 Å². The molecule has 3 atom stereocenters. The maximum absolute atomic E-state index is 13.7. The maximum Gasteiger partial charge on any atom is 0.123 e. The summed E-state index contributed by atoms with van der Waals surface area (Å²) >= 11 is 6.17. The summed E-state index contributed by atoms with van der Waals surface area (Å²) in [4.78, 5) is 3.26. The first-order valence-corrected chi connectivity index (χ1v) is 8.52. The Morgan fingerprint density at radius 1 is 1.12 bits per heavy atom. The molecule has 2 aliphatic rings. The van der Waals surface area contributed by atoms with Crippen molar-refractivity contribution in [2.45, 2.75) is 18.6 Å². The Bertz CT molecular complexity index is 938. The van der Waals surface area contributed by atoms with Gasteiger partial charge in [-0.15, -0.1) is 0 Å². The molecule has 122 valence electrons. The summed E-state index contributed by atoms with van der Waals surface area (Å²) in [6.07, 6.45) is 2.98. The lowest BCUT2D eigenvalue weighted by molar-refractivity contribution is 0.0830. The molecule has 2 aliphatic heterocycles. The standard InChI is InChI=1S/C19H16ClFN2O/c20-10-1-3-17-14(7-10)19-12(5-6-24-19)18(23-17)15-9-22-16-4-2-11(21)8-13(15)16/h1-4,7-9,12,18-19,22-23H,5-6H2. The average Bonchev–Trinajstić information content (AvgIpc) is 3.21. The van der Waals surface area contributed by atoms with Gasteiger partial charge in [0.2, 0.25) is 0 Å². The zero-order valence-electron chi connectivity index (χ0n) is 12.9. The number of nitrogens with one attached hydrogen (secondary N) is 2. The topological polar surface area (TPSA) is 37.0 Å². The number of anilines is 1. The summed E-state index contributed by atoms with van der Waals surface area (Å²) in [5.41, 5.74) is 4.20. The fraction of sp³-hybridized carbons (Fsp3) is 0.263. The maximum atomic E-state index is 13.7. The fourth-order valence-electron chi connectivity index (χ4n) is 4.12. The van der Waals surface area contributed by atoms with Gasteiger partial charge in [0.1, 0.15) is 5.82 Å². The molecule has 1 fully saturated rings. The molecule has 5 heteroatoms. The second-order valence-electron chi connectivity index (χ2n) is 6.53. The Balaban J connectivity index is 1.65. The second-order valence-corrected chi connectivity index (χ2v) is 6.97. The van der Waals surface area contributed by atoms with Crippen molar-refractivity contribution in [1.82, 2.24) is 4.98 Å². The quantitative estimate of drug-likeness (QED) is 0.637. The van der Waals surface area contributed by atoms with Gasteiger partial charge in [0, 0.05) is 51.5 Å². The molecule has 1 saturated heterocycles. The van der Waals surface area contributed by atoms with Gasteiger partial charge in [-0.2, -0.15) is 0 Å². The van der Waals surface area contributed by atoms with E-state index in [4.69, 9.17) is 16.3 Å². The van der Waals surface area contributed by atoms with Crippen LogP contribution in [0.5, 0.6) is 0 Å². The molecule has 3 heterocycles. The van der Waals surface area contributed by atoms with Crippen LogP contribution >= 0.6 is 11.6 Å². The number of fused-ring (bicyclic) bond motifs is 4. The van der Waals surface area contributed by atoms with Gasteiger partial charge in [-0.25, -0.2) is 4.39 Å². The summed E-state index contributed by atoms with van der Waals surface area (Å²) in [6.45, 7) is 0.732. The highest BCUT2D eigenvalue weighted by Crippen LogP contribution is 2.51. The van der Waals surface area contributed by atoms with Crippen LogP contribution in [-0.4, -0.2) is 11.6 Å². The molecule has 2 aromatic carbocycles. The lowest BCUT2D eigenvalue weighted by Gasteiger charge is -2.36. The van der Waals surface area contributed by atoms with Crippen molar-refractivity contribution >= 4 is 28.2 Å². The molecule has 0 aliphatic carbocycles. The first-order chi connectivity index (χ1) is 11.7. The molecule has 24 heavy (non-hydrogen) atoms. The Labute approximate surface area is 143 Å². The van der Waals surface area contributed by atoms with E-state index in [9.17, 15) is 4.39 Å². The molecule has 3 aromatic rings. The SMILES string of the molecule is Fc1ccc2[nH]cc(C3Nc4ccc(Cl)cc4C4OCCC34)c2c1. The minimum absolute atomic E-state index is 0.0310. The number of aromatic amines is 1. The minimum atomic E-state index is -0.217. The van der Waals surface area contributed by atoms with Gasteiger partial charge in [0.05, 0.1) is 12.1 Å². The van der Waals surface area contributed by atoms with Crippen LogP contribution in [0.3, 0.4) is 0 Å². The van der Waals surface area contributed by atoms with E-state index >= 15 is 0 Å². The van der Waals surface area contributed by atoms with Gasteiger partial charge in [-0.1, -0.05) is 11.6 Å². The molecule has 1 aromatic heterocycles. The van der Waals surface area contributed by atoms with Gasteiger partial charge in [-0.3, -0.25) is 0 Å². The van der Waals surface area contributed by atoms with E-state index in [2.05, 4.69) is 10.3 Å². The Kier molecular flexibility index (Phi) is 3.12. The van der Waals surface area contributed by atoms with Crippen LogP contribution in [0.15, 0.2) is 42.6 Å². The lowest BCUT2D eigenvalue weighted by atomic mass is 9.81. The van der Waals surface area contributed by atoms with E-state index in [0.717, 1.165) is 45.8 Å². The van der Waals surface area contributed by atoms with Crippen LogP contribution in [-0.2, 0) is 4.74 Å². The number of aromatic nitrogens is 1. The molecule has 0 saturated carbocycles. The normalized spacial score (nSPS) is 25.3. The van der Waals surface area contributed by atoms with Crippen molar-refractivity contribution in [1.29, 1.82) is 0 Å². The average molecular weight is 343 g/mol.